The fourth-order valence-corrected chi connectivity index (χ4v) is 10.1. The molecule has 0 aliphatic carbocycles. The minimum absolute atomic E-state index is 0.0840. The Kier molecular flexibility index (Phi) is 14.0. The van der Waals surface area contributed by atoms with Gasteiger partial charge in [0.1, 0.15) is 0 Å². The Morgan fingerprint density at radius 1 is 0.247 bits per heavy atom. The minimum atomic E-state index is -5.34. The molecular weight excluding hydrogens is 1150 g/mol. The van der Waals surface area contributed by atoms with Gasteiger partial charge in [0.25, 0.3) is 0 Å². The maximum absolute atomic E-state index is 14.9. The number of aromatic nitrogens is 3. The molecule has 0 amide bonds. The molecule has 0 atom stereocenters. The average Bonchev–Trinajstić information content (AvgIpc) is 2.14. The number of rotatable bonds is 8. The molecule has 21 heteroatoms. The van der Waals surface area contributed by atoms with E-state index in [1.807, 2.05) is 0 Å². The Morgan fingerprint density at radius 2 is 0.588 bits per heavy atom. The third kappa shape index (κ3) is 11.5. The molecule has 11 aromatic rings. The van der Waals surface area contributed by atoms with Crippen molar-refractivity contribution in [2.75, 3.05) is 0 Å². The van der Waals surface area contributed by atoms with Crippen LogP contribution in [0.5, 0.6) is 0 Å². The summed E-state index contributed by atoms with van der Waals surface area (Å²) in [5.41, 5.74) is -10.9. The first-order chi connectivity index (χ1) is 39.9. The monoisotopic (exact) mass is 1190 g/mol. The molecule has 0 saturated carbocycles. The molecule has 0 spiro atoms. The number of benzene rings is 9. The Balaban J connectivity index is 1.30. The predicted octanol–water partition coefficient (Wildman–Crippen LogP) is 21.4. The van der Waals surface area contributed by atoms with E-state index in [0.29, 0.717) is 41.1 Å². The van der Waals surface area contributed by atoms with Gasteiger partial charge in [0, 0.05) is 38.6 Å². The van der Waals surface area contributed by atoms with Crippen molar-refractivity contribution in [3.8, 4) is 84.1 Å². The maximum atomic E-state index is 14.9. The van der Waals surface area contributed by atoms with E-state index in [0.717, 1.165) is 60.7 Å². The quantitative estimate of drug-likeness (QED) is 0.142. The number of hydrogen-bond donors (Lipinski definition) is 0. The highest BCUT2D eigenvalue weighted by Crippen LogP contribution is 2.49. The summed E-state index contributed by atoms with van der Waals surface area (Å²) in [7, 11) is 0. The van der Waals surface area contributed by atoms with Crippen molar-refractivity contribution in [1.29, 1.82) is 0 Å². The van der Waals surface area contributed by atoms with E-state index in [4.69, 9.17) is 9.97 Å². The summed E-state index contributed by atoms with van der Waals surface area (Å²) < 4.78 is 263. The number of alkyl halides is 18. The van der Waals surface area contributed by atoms with E-state index in [1.165, 1.54) is 41.0 Å². The van der Waals surface area contributed by atoms with Crippen LogP contribution in [0.2, 0.25) is 0 Å². The standard InChI is InChI=1S/C64H33F18N3/c65-59(66,67)43-15-7-13-38(21-43)49-29-42(54-33-53(34-9-3-1-4-10-34)83-58(84-54)35-11-5-2-6-12-35)30-50(39-14-8-16-44(22-39)60(68,69)70)57(49)85-55-19-17-36(40-23-45(61(71,72)73)31-46(24-40)62(74,75)76)27-51(55)52-28-37(18-20-56(52)85)41-25-47(63(77,78)79)32-48(26-41)64(80,81)82/h1-33H. The van der Waals surface area contributed by atoms with Gasteiger partial charge >= 0.3 is 37.1 Å². The lowest BCUT2D eigenvalue weighted by molar-refractivity contribution is -0.144. The lowest BCUT2D eigenvalue weighted by atomic mass is 9.90. The van der Waals surface area contributed by atoms with Crippen LogP contribution < -0.4 is 0 Å². The summed E-state index contributed by atoms with van der Waals surface area (Å²) in [4.78, 5) is 9.68. The highest BCUT2D eigenvalue weighted by atomic mass is 19.4. The molecule has 0 unspecified atom stereocenters. The molecule has 2 heterocycles. The fourth-order valence-electron chi connectivity index (χ4n) is 10.1. The summed E-state index contributed by atoms with van der Waals surface area (Å²) in [6, 6.07) is 37.4. The fraction of sp³-hybridized carbons (Fsp3) is 0.0938. The van der Waals surface area contributed by atoms with E-state index >= 15 is 0 Å². The molecule has 3 nitrogen and oxygen atoms in total. The summed E-state index contributed by atoms with van der Waals surface area (Å²) in [5.74, 6) is 0.141. The summed E-state index contributed by atoms with van der Waals surface area (Å²) in [5, 5.41) is -0.318. The molecule has 0 aliphatic rings. The van der Waals surface area contributed by atoms with Crippen molar-refractivity contribution >= 4 is 21.8 Å². The zero-order valence-electron chi connectivity index (χ0n) is 42.7. The van der Waals surface area contributed by atoms with Gasteiger partial charge in [-0.05, 0) is 137 Å². The molecule has 0 fully saturated rings. The molecule has 0 bridgehead atoms. The van der Waals surface area contributed by atoms with Crippen LogP contribution >= 0.6 is 0 Å². The van der Waals surface area contributed by atoms with Gasteiger partial charge in [-0.15, -0.1) is 0 Å². The summed E-state index contributed by atoms with van der Waals surface area (Å²) in [6.45, 7) is 0. The molecule has 85 heavy (non-hydrogen) atoms. The Bertz CT molecular complexity index is 4040. The van der Waals surface area contributed by atoms with Crippen LogP contribution in [-0.4, -0.2) is 14.5 Å². The Hall–Kier alpha value is -9.40. The molecule has 430 valence electrons. The lowest BCUT2D eigenvalue weighted by Crippen LogP contribution is -2.11. The van der Waals surface area contributed by atoms with Gasteiger partial charge < -0.3 is 4.57 Å². The van der Waals surface area contributed by atoms with Gasteiger partial charge in [-0.2, -0.15) is 79.0 Å². The third-order valence-corrected chi connectivity index (χ3v) is 14.1. The molecule has 9 aromatic carbocycles. The van der Waals surface area contributed by atoms with Gasteiger partial charge in [0.2, 0.25) is 0 Å². The van der Waals surface area contributed by atoms with Crippen molar-refractivity contribution in [2.24, 2.45) is 0 Å². The Labute approximate surface area is 468 Å². The van der Waals surface area contributed by atoms with Gasteiger partial charge in [0.15, 0.2) is 5.82 Å². The zero-order valence-corrected chi connectivity index (χ0v) is 42.7. The molecule has 0 radical (unpaired) electrons. The first kappa shape index (κ1) is 57.4. The van der Waals surface area contributed by atoms with E-state index in [9.17, 15) is 79.0 Å². The molecule has 2 aromatic heterocycles. The van der Waals surface area contributed by atoms with Crippen molar-refractivity contribution in [2.45, 2.75) is 37.1 Å². The van der Waals surface area contributed by atoms with E-state index in [2.05, 4.69) is 0 Å². The van der Waals surface area contributed by atoms with Crippen LogP contribution in [0.15, 0.2) is 200 Å². The average molecular weight is 1190 g/mol. The second-order valence-corrected chi connectivity index (χ2v) is 19.7. The van der Waals surface area contributed by atoms with Crippen molar-refractivity contribution in [1.82, 2.24) is 14.5 Å². The summed E-state index contributed by atoms with van der Waals surface area (Å²) >= 11 is 0. The topological polar surface area (TPSA) is 30.7 Å². The van der Waals surface area contributed by atoms with Crippen LogP contribution in [0.3, 0.4) is 0 Å². The lowest BCUT2D eigenvalue weighted by Gasteiger charge is -2.22. The van der Waals surface area contributed by atoms with Crippen LogP contribution in [0.25, 0.3) is 106 Å². The van der Waals surface area contributed by atoms with Gasteiger partial charge in [-0.1, -0.05) is 97.1 Å². The second-order valence-electron chi connectivity index (χ2n) is 19.7. The largest absolute Gasteiger partial charge is 0.416 e. The van der Waals surface area contributed by atoms with E-state index in [-0.39, 0.29) is 90.1 Å². The zero-order chi connectivity index (χ0) is 60.8. The Morgan fingerprint density at radius 3 is 0.965 bits per heavy atom. The van der Waals surface area contributed by atoms with Crippen LogP contribution in [-0.2, 0) is 37.1 Å². The van der Waals surface area contributed by atoms with Gasteiger partial charge in [-0.3, -0.25) is 0 Å². The van der Waals surface area contributed by atoms with Gasteiger partial charge in [0.05, 0.1) is 61.5 Å². The highest BCUT2D eigenvalue weighted by Gasteiger charge is 2.40. The molecule has 0 N–H and O–H groups in total. The first-order valence-electron chi connectivity index (χ1n) is 25.1. The van der Waals surface area contributed by atoms with Crippen molar-refractivity contribution in [3.63, 3.8) is 0 Å². The number of hydrogen-bond acceptors (Lipinski definition) is 2. The minimum Gasteiger partial charge on any atom is -0.308 e. The SMILES string of the molecule is FC(F)(F)c1cccc(-c2cc(-c3cc(-c4ccccc4)nc(-c4ccccc4)n3)cc(-c3cccc(C(F)(F)F)c3)c2-n2c3ccc(-c4cc(C(F)(F)F)cc(C(F)(F)F)c4)cc3c3cc(-c4cc(C(F)(F)F)cc(C(F)(F)F)c4)ccc32)c1. The third-order valence-electron chi connectivity index (χ3n) is 14.1. The number of fused-ring (bicyclic) bond motifs is 3. The van der Waals surface area contributed by atoms with Crippen molar-refractivity contribution in [3.05, 3.63) is 234 Å². The van der Waals surface area contributed by atoms with Crippen LogP contribution in [0.4, 0.5) is 79.0 Å². The molecular formula is C64H33F18N3. The second kappa shape index (κ2) is 20.7. The van der Waals surface area contributed by atoms with Gasteiger partial charge in [-0.25, -0.2) is 9.97 Å². The predicted molar refractivity (Wildman–Crippen MR) is 284 cm³/mol. The first-order valence-corrected chi connectivity index (χ1v) is 25.1. The highest BCUT2D eigenvalue weighted by molar-refractivity contribution is 6.13. The van der Waals surface area contributed by atoms with Crippen molar-refractivity contribution < 1.29 is 79.0 Å². The van der Waals surface area contributed by atoms with Crippen LogP contribution in [0, 0.1) is 0 Å². The maximum Gasteiger partial charge on any atom is 0.416 e. The number of halogens is 18. The molecule has 11 rings (SSSR count). The van der Waals surface area contributed by atoms with E-state index in [1.54, 1.807) is 66.7 Å². The van der Waals surface area contributed by atoms with E-state index < -0.39 is 81.6 Å². The smallest absolute Gasteiger partial charge is 0.308 e. The number of nitrogens with zero attached hydrogens (tertiary/aromatic N) is 3. The molecule has 0 aliphatic heterocycles. The van der Waals surface area contributed by atoms with Crippen LogP contribution in [0.1, 0.15) is 33.4 Å². The molecule has 0 saturated heterocycles. The normalized spacial score (nSPS) is 12.8. The summed E-state index contributed by atoms with van der Waals surface area (Å²) in [6.07, 6.45) is -31.4.